The molecule has 0 aliphatic carbocycles. The molecule has 0 unspecified atom stereocenters. The molecule has 3 heteroatoms. The molecule has 60 valence electrons. The smallest absolute Gasteiger partial charge is 0.144 e. The number of anilines is 1. The van der Waals surface area contributed by atoms with Crippen molar-refractivity contribution in [3.05, 3.63) is 18.1 Å². The first-order chi connectivity index (χ1) is 5.18. The van der Waals surface area contributed by atoms with Crippen molar-refractivity contribution in [3.63, 3.8) is 0 Å². The highest BCUT2D eigenvalue weighted by molar-refractivity contribution is 5.31. The van der Waals surface area contributed by atoms with Crippen molar-refractivity contribution in [2.75, 3.05) is 5.32 Å². The predicted molar refractivity (Wildman–Crippen MR) is 45.5 cm³/mol. The number of aryl methyl sites for hydroxylation is 1. The average Bonchev–Trinajstić information content (AvgIpc) is 1.93. The number of nitrogens with zero attached hydrogens (tertiary/aromatic N) is 2. The summed E-state index contributed by atoms with van der Waals surface area (Å²) < 4.78 is 0. The van der Waals surface area contributed by atoms with Crippen LogP contribution in [0.2, 0.25) is 0 Å². The summed E-state index contributed by atoms with van der Waals surface area (Å²) in [6.45, 7) is 6.06. The monoisotopic (exact) mass is 151 g/mol. The van der Waals surface area contributed by atoms with E-state index in [1.165, 1.54) is 0 Å². The summed E-state index contributed by atoms with van der Waals surface area (Å²) in [5.41, 5.74) is 0.944. The van der Waals surface area contributed by atoms with Gasteiger partial charge in [-0.05, 0) is 20.8 Å². The highest BCUT2D eigenvalue weighted by Gasteiger charge is 1.94. The molecule has 0 saturated carbocycles. The van der Waals surface area contributed by atoms with Gasteiger partial charge in [-0.1, -0.05) is 0 Å². The van der Waals surface area contributed by atoms with Crippen LogP contribution in [0.3, 0.4) is 0 Å². The second-order valence-electron chi connectivity index (χ2n) is 2.84. The number of hydrogen-bond donors (Lipinski definition) is 1. The van der Waals surface area contributed by atoms with E-state index in [0.29, 0.717) is 6.04 Å². The van der Waals surface area contributed by atoms with Crippen LogP contribution in [0.25, 0.3) is 0 Å². The maximum atomic E-state index is 4.14. The minimum absolute atomic E-state index is 0.409. The number of hydrogen-bond acceptors (Lipinski definition) is 3. The molecule has 0 aliphatic rings. The normalized spacial score (nSPS) is 10.2. The third kappa shape index (κ3) is 2.53. The van der Waals surface area contributed by atoms with Gasteiger partial charge in [0.05, 0.1) is 18.1 Å². The molecule has 0 aliphatic heterocycles. The molecule has 0 aromatic carbocycles. The van der Waals surface area contributed by atoms with Crippen molar-refractivity contribution >= 4 is 5.82 Å². The molecule has 1 N–H and O–H groups in total. The van der Waals surface area contributed by atoms with Crippen LogP contribution in [0, 0.1) is 6.92 Å². The topological polar surface area (TPSA) is 37.8 Å². The molecule has 0 fully saturated rings. The third-order valence-electron chi connectivity index (χ3n) is 1.22. The lowest BCUT2D eigenvalue weighted by Gasteiger charge is -2.07. The quantitative estimate of drug-likeness (QED) is 0.697. The zero-order valence-electron chi connectivity index (χ0n) is 7.13. The van der Waals surface area contributed by atoms with Gasteiger partial charge in [-0.25, -0.2) is 4.98 Å². The van der Waals surface area contributed by atoms with E-state index in [1.807, 2.05) is 6.92 Å². The predicted octanol–water partition coefficient (Wildman–Crippen LogP) is 1.61. The molecule has 1 rings (SSSR count). The first kappa shape index (κ1) is 7.98. The van der Waals surface area contributed by atoms with Gasteiger partial charge >= 0.3 is 0 Å². The van der Waals surface area contributed by atoms with Gasteiger partial charge in [-0.2, -0.15) is 0 Å². The fourth-order valence-electron chi connectivity index (χ4n) is 0.763. The third-order valence-corrected chi connectivity index (χ3v) is 1.22. The van der Waals surface area contributed by atoms with E-state index < -0.39 is 0 Å². The highest BCUT2D eigenvalue weighted by atomic mass is 15.0. The highest BCUT2D eigenvalue weighted by Crippen LogP contribution is 2.01. The summed E-state index contributed by atoms with van der Waals surface area (Å²) >= 11 is 0. The zero-order chi connectivity index (χ0) is 8.27. The summed E-state index contributed by atoms with van der Waals surface area (Å²) in [6.07, 6.45) is 3.50. The molecule has 11 heavy (non-hydrogen) atoms. The maximum Gasteiger partial charge on any atom is 0.144 e. The Bertz CT molecular complexity index is 215. The van der Waals surface area contributed by atoms with Crippen molar-refractivity contribution in [2.45, 2.75) is 26.8 Å². The van der Waals surface area contributed by atoms with Gasteiger partial charge in [0.2, 0.25) is 0 Å². The van der Waals surface area contributed by atoms with E-state index in [9.17, 15) is 0 Å². The molecule has 3 nitrogen and oxygen atoms in total. The molecule has 1 heterocycles. The summed E-state index contributed by atoms with van der Waals surface area (Å²) in [6, 6.07) is 0.409. The van der Waals surface area contributed by atoms with Crippen molar-refractivity contribution < 1.29 is 0 Å². The molecule has 0 spiro atoms. The van der Waals surface area contributed by atoms with Crippen molar-refractivity contribution in [1.29, 1.82) is 0 Å². The van der Waals surface area contributed by atoms with Crippen molar-refractivity contribution in [1.82, 2.24) is 9.97 Å². The van der Waals surface area contributed by atoms with Crippen LogP contribution in [0.4, 0.5) is 5.82 Å². The van der Waals surface area contributed by atoms with E-state index in [1.54, 1.807) is 12.4 Å². The first-order valence-corrected chi connectivity index (χ1v) is 3.73. The molecule has 1 aromatic rings. The molecule has 0 atom stereocenters. The molecular formula is C8H13N3. The standard InChI is InChI=1S/C8H13N3/c1-6(2)11-8-5-9-7(3)4-10-8/h4-6H,1-3H3,(H,10,11). The van der Waals surface area contributed by atoms with E-state index in [2.05, 4.69) is 29.1 Å². The fraction of sp³-hybridized carbons (Fsp3) is 0.500. The van der Waals surface area contributed by atoms with Gasteiger partial charge < -0.3 is 5.32 Å². The Morgan fingerprint density at radius 2 is 2.00 bits per heavy atom. The lowest BCUT2D eigenvalue weighted by Crippen LogP contribution is -2.11. The Labute approximate surface area is 66.9 Å². The Balaban J connectivity index is 2.66. The number of rotatable bonds is 2. The Hall–Kier alpha value is -1.12. The van der Waals surface area contributed by atoms with Crippen LogP contribution in [0.5, 0.6) is 0 Å². The van der Waals surface area contributed by atoms with Gasteiger partial charge in [0.1, 0.15) is 5.82 Å². The van der Waals surface area contributed by atoms with Crippen LogP contribution in [0.1, 0.15) is 19.5 Å². The summed E-state index contributed by atoms with van der Waals surface area (Å²) in [7, 11) is 0. The van der Waals surface area contributed by atoms with Gasteiger partial charge in [-0.15, -0.1) is 0 Å². The Kier molecular flexibility index (Phi) is 2.41. The molecule has 0 amide bonds. The molecular weight excluding hydrogens is 138 g/mol. The van der Waals surface area contributed by atoms with E-state index >= 15 is 0 Å². The summed E-state index contributed by atoms with van der Waals surface area (Å²) in [4.78, 5) is 8.25. The van der Waals surface area contributed by atoms with Gasteiger partial charge in [-0.3, -0.25) is 4.98 Å². The minimum Gasteiger partial charge on any atom is -0.367 e. The van der Waals surface area contributed by atoms with Gasteiger partial charge in [0.15, 0.2) is 0 Å². The van der Waals surface area contributed by atoms with E-state index in [0.717, 1.165) is 11.5 Å². The minimum atomic E-state index is 0.409. The lowest BCUT2D eigenvalue weighted by atomic mass is 10.4. The molecule has 0 bridgehead atoms. The zero-order valence-corrected chi connectivity index (χ0v) is 7.13. The van der Waals surface area contributed by atoms with E-state index in [4.69, 9.17) is 0 Å². The van der Waals surface area contributed by atoms with Gasteiger partial charge in [0, 0.05) is 6.04 Å². The SMILES string of the molecule is Cc1cnc(NC(C)C)cn1. The van der Waals surface area contributed by atoms with Crippen LogP contribution in [-0.2, 0) is 0 Å². The Morgan fingerprint density at radius 3 is 2.45 bits per heavy atom. The van der Waals surface area contributed by atoms with Crippen molar-refractivity contribution in [3.8, 4) is 0 Å². The Morgan fingerprint density at radius 1 is 1.27 bits per heavy atom. The van der Waals surface area contributed by atoms with E-state index in [-0.39, 0.29) is 0 Å². The molecule has 1 aromatic heterocycles. The number of aromatic nitrogens is 2. The average molecular weight is 151 g/mol. The number of nitrogens with one attached hydrogen (secondary N) is 1. The van der Waals surface area contributed by atoms with Crippen molar-refractivity contribution in [2.24, 2.45) is 0 Å². The largest absolute Gasteiger partial charge is 0.367 e. The summed E-state index contributed by atoms with van der Waals surface area (Å²) in [5.74, 6) is 0.839. The second-order valence-corrected chi connectivity index (χ2v) is 2.84. The van der Waals surface area contributed by atoms with Gasteiger partial charge in [0.25, 0.3) is 0 Å². The van der Waals surface area contributed by atoms with Crippen LogP contribution >= 0.6 is 0 Å². The van der Waals surface area contributed by atoms with Crippen LogP contribution in [-0.4, -0.2) is 16.0 Å². The lowest BCUT2D eigenvalue weighted by molar-refractivity contribution is 0.883. The first-order valence-electron chi connectivity index (χ1n) is 3.73. The molecule has 0 radical (unpaired) electrons. The van der Waals surface area contributed by atoms with Crippen LogP contribution < -0.4 is 5.32 Å². The fourth-order valence-corrected chi connectivity index (χ4v) is 0.763. The second kappa shape index (κ2) is 3.32. The molecule has 0 saturated heterocycles. The van der Waals surface area contributed by atoms with Crippen LogP contribution in [0.15, 0.2) is 12.4 Å². The maximum absolute atomic E-state index is 4.14. The summed E-state index contributed by atoms with van der Waals surface area (Å²) in [5, 5.41) is 3.16.